The number of alkyl halides is 1. The molecule has 0 spiro atoms. The van der Waals surface area contributed by atoms with Crippen molar-refractivity contribution in [3.8, 4) is 11.1 Å². The molecule has 180 valence electrons. The molecule has 1 heterocycles. The number of carboxylic acid groups (broad SMARTS) is 1. The number of hydrazone groups is 1. The number of carbonyl (C=O) groups is 2. The van der Waals surface area contributed by atoms with Crippen molar-refractivity contribution in [2.24, 2.45) is 5.10 Å². The molecule has 1 aliphatic rings. The molecule has 0 bridgehead atoms. The van der Waals surface area contributed by atoms with Gasteiger partial charge in [0.2, 0.25) is 0 Å². The van der Waals surface area contributed by atoms with Gasteiger partial charge in [0.25, 0.3) is 5.91 Å². The standard InChI is InChI=1S/C28H26ClFN2O3/c1-16-4-7-19(8-5-16)25-15-24(31-32(25)28(35)23(30)14-26(33)34)22-13-6-17(2)18(3)27(22)20-9-11-21(29)12-10-20/h4-13,23,25H,14-15H2,1-3H3,(H,33,34)/t23?,25-/m1/s1. The van der Waals surface area contributed by atoms with Crippen LogP contribution in [0.5, 0.6) is 0 Å². The summed E-state index contributed by atoms with van der Waals surface area (Å²) in [5.41, 5.74) is 7.44. The molecule has 0 saturated heterocycles. The highest BCUT2D eigenvalue weighted by Gasteiger charge is 2.38. The molecule has 4 rings (SSSR count). The summed E-state index contributed by atoms with van der Waals surface area (Å²) >= 11 is 6.11. The molecule has 0 aliphatic carbocycles. The number of hydrogen-bond acceptors (Lipinski definition) is 3. The third-order valence-electron chi connectivity index (χ3n) is 6.40. The lowest BCUT2D eigenvalue weighted by molar-refractivity contribution is -0.146. The fourth-order valence-corrected chi connectivity index (χ4v) is 4.48. The Kier molecular flexibility index (Phi) is 7.03. The van der Waals surface area contributed by atoms with Crippen molar-refractivity contribution in [3.63, 3.8) is 0 Å². The van der Waals surface area contributed by atoms with Gasteiger partial charge in [0, 0.05) is 17.0 Å². The number of carboxylic acids is 1. The van der Waals surface area contributed by atoms with Crippen molar-refractivity contribution >= 4 is 29.2 Å². The van der Waals surface area contributed by atoms with E-state index in [1.54, 1.807) is 0 Å². The largest absolute Gasteiger partial charge is 0.481 e. The van der Waals surface area contributed by atoms with E-state index in [-0.39, 0.29) is 0 Å². The number of halogens is 2. The van der Waals surface area contributed by atoms with E-state index in [4.69, 9.17) is 16.7 Å². The molecule has 7 heteroatoms. The first-order valence-electron chi connectivity index (χ1n) is 11.3. The van der Waals surface area contributed by atoms with Gasteiger partial charge in [-0.3, -0.25) is 9.59 Å². The van der Waals surface area contributed by atoms with Crippen molar-refractivity contribution in [1.82, 2.24) is 5.01 Å². The van der Waals surface area contributed by atoms with Crippen LogP contribution in [-0.4, -0.2) is 33.9 Å². The Balaban J connectivity index is 1.81. The van der Waals surface area contributed by atoms with E-state index in [1.807, 2.05) is 81.4 Å². The summed E-state index contributed by atoms with van der Waals surface area (Å²) in [6.45, 7) is 6.02. The zero-order chi connectivity index (χ0) is 25.3. The lowest BCUT2D eigenvalue weighted by Gasteiger charge is -2.23. The molecule has 5 nitrogen and oxygen atoms in total. The fourth-order valence-electron chi connectivity index (χ4n) is 4.35. The highest BCUT2D eigenvalue weighted by atomic mass is 35.5. The highest BCUT2D eigenvalue weighted by molar-refractivity contribution is 6.30. The van der Waals surface area contributed by atoms with Gasteiger partial charge >= 0.3 is 5.97 Å². The molecule has 1 N–H and O–H groups in total. The van der Waals surface area contributed by atoms with Gasteiger partial charge in [-0.1, -0.05) is 65.7 Å². The first kappa shape index (κ1) is 24.6. The zero-order valence-electron chi connectivity index (χ0n) is 19.8. The monoisotopic (exact) mass is 492 g/mol. The van der Waals surface area contributed by atoms with Crippen molar-refractivity contribution in [2.45, 2.75) is 45.8 Å². The first-order chi connectivity index (χ1) is 16.7. The molecule has 3 aromatic carbocycles. The van der Waals surface area contributed by atoms with E-state index >= 15 is 0 Å². The van der Waals surface area contributed by atoms with Crippen molar-refractivity contribution in [2.75, 3.05) is 0 Å². The van der Waals surface area contributed by atoms with Gasteiger partial charge in [-0.2, -0.15) is 5.10 Å². The average Bonchev–Trinajstić information content (AvgIpc) is 3.26. The predicted octanol–water partition coefficient (Wildman–Crippen LogP) is 6.42. The maximum Gasteiger partial charge on any atom is 0.306 e. The van der Waals surface area contributed by atoms with E-state index in [1.165, 1.54) is 0 Å². The molecular weight excluding hydrogens is 467 g/mol. The molecule has 1 amide bonds. The molecule has 3 aromatic rings. The number of carbonyl (C=O) groups excluding carboxylic acids is 1. The van der Waals surface area contributed by atoms with Gasteiger partial charge in [0.15, 0.2) is 6.17 Å². The molecule has 0 aromatic heterocycles. The van der Waals surface area contributed by atoms with E-state index in [9.17, 15) is 14.0 Å². The number of rotatable bonds is 6. The number of nitrogens with zero attached hydrogens (tertiary/aromatic N) is 2. The fraction of sp³-hybridized carbons (Fsp3) is 0.250. The topological polar surface area (TPSA) is 70.0 Å². The third-order valence-corrected chi connectivity index (χ3v) is 6.65. The van der Waals surface area contributed by atoms with Crippen LogP contribution in [0.3, 0.4) is 0 Å². The third kappa shape index (κ3) is 5.13. The maximum atomic E-state index is 14.6. The summed E-state index contributed by atoms with van der Waals surface area (Å²) in [5, 5.41) is 15.3. The van der Waals surface area contributed by atoms with Gasteiger partial charge in [-0.15, -0.1) is 0 Å². The summed E-state index contributed by atoms with van der Waals surface area (Å²) in [5.74, 6) is -2.33. The molecule has 0 saturated carbocycles. The molecule has 35 heavy (non-hydrogen) atoms. The van der Waals surface area contributed by atoms with Crippen LogP contribution in [0.1, 0.15) is 46.7 Å². The minimum Gasteiger partial charge on any atom is -0.481 e. The van der Waals surface area contributed by atoms with E-state index in [0.29, 0.717) is 17.2 Å². The molecule has 1 unspecified atom stereocenters. The molecule has 0 radical (unpaired) electrons. The van der Waals surface area contributed by atoms with Gasteiger partial charge in [0.1, 0.15) is 0 Å². The number of hydrogen-bond donors (Lipinski definition) is 1. The van der Waals surface area contributed by atoms with Crippen LogP contribution in [-0.2, 0) is 9.59 Å². The summed E-state index contributed by atoms with van der Waals surface area (Å²) in [7, 11) is 0. The van der Waals surface area contributed by atoms with Crippen LogP contribution >= 0.6 is 11.6 Å². The minimum absolute atomic E-state index is 0.373. The van der Waals surface area contributed by atoms with Gasteiger partial charge in [0.05, 0.1) is 18.2 Å². The second-order valence-electron chi connectivity index (χ2n) is 8.86. The normalized spacial score (nSPS) is 16.2. The van der Waals surface area contributed by atoms with E-state index in [2.05, 4.69) is 5.10 Å². The SMILES string of the molecule is Cc1ccc([C@H]2CC(c3ccc(C)c(C)c3-c3ccc(Cl)cc3)=NN2C(=O)C(F)CC(=O)O)cc1. The number of aryl methyl sites for hydroxylation is 2. The minimum atomic E-state index is -2.18. The molecule has 0 fully saturated rings. The van der Waals surface area contributed by atoms with Crippen LogP contribution in [0.15, 0.2) is 65.8 Å². The van der Waals surface area contributed by atoms with Crippen LogP contribution in [0.25, 0.3) is 11.1 Å². The Labute approximate surface area is 208 Å². The summed E-state index contributed by atoms with van der Waals surface area (Å²) < 4.78 is 14.6. The second kappa shape index (κ2) is 10.0. The summed E-state index contributed by atoms with van der Waals surface area (Å²) in [6, 6.07) is 18.6. The van der Waals surface area contributed by atoms with Gasteiger partial charge in [-0.05, 0) is 60.7 Å². The van der Waals surface area contributed by atoms with Crippen LogP contribution in [0.2, 0.25) is 5.02 Å². The van der Waals surface area contributed by atoms with Crippen molar-refractivity contribution in [1.29, 1.82) is 0 Å². The summed E-state index contributed by atoms with van der Waals surface area (Å²) in [4.78, 5) is 24.0. The van der Waals surface area contributed by atoms with Crippen LogP contribution < -0.4 is 0 Å². The quantitative estimate of drug-likeness (QED) is 0.431. The summed E-state index contributed by atoms with van der Waals surface area (Å²) in [6.07, 6.45) is -2.71. The molecular formula is C28H26ClFN2O3. The Morgan fingerprint density at radius 3 is 2.34 bits per heavy atom. The second-order valence-corrected chi connectivity index (χ2v) is 9.30. The predicted molar refractivity (Wildman–Crippen MR) is 135 cm³/mol. The number of benzene rings is 3. The Bertz CT molecular complexity index is 1300. The van der Waals surface area contributed by atoms with E-state index < -0.39 is 30.5 Å². The number of amides is 1. The van der Waals surface area contributed by atoms with Crippen molar-refractivity contribution in [3.05, 3.63) is 93.5 Å². The lowest BCUT2D eigenvalue weighted by atomic mass is 9.88. The molecule has 1 aliphatic heterocycles. The number of aliphatic carboxylic acids is 1. The Morgan fingerprint density at radius 1 is 1.06 bits per heavy atom. The maximum absolute atomic E-state index is 14.6. The average molecular weight is 493 g/mol. The first-order valence-corrected chi connectivity index (χ1v) is 11.7. The Morgan fingerprint density at radius 2 is 1.71 bits per heavy atom. The van der Waals surface area contributed by atoms with Gasteiger partial charge in [-0.25, -0.2) is 9.40 Å². The molecule has 2 atom stereocenters. The van der Waals surface area contributed by atoms with Crippen molar-refractivity contribution < 1.29 is 19.1 Å². The smallest absolute Gasteiger partial charge is 0.306 e. The van der Waals surface area contributed by atoms with Gasteiger partial charge < -0.3 is 5.11 Å². The van der Waals surface area contributed by atoms with Crippen LogP contribution in [0, 0.1) is 20.8 Å². The van der Waals surface area contributed by atoms with E-state index in [0.717, 1.165) is 44.0 Å². The van der Waals surface area contributed by atoms with Crippen LogP contribution in [0.4, 0.5) is 4.39 Å². The Hall–Kier alpha value is -3.51. The zero-order valence-corrected chi connectivity index (χ0v) is 20.5. The highest BCUT2D eigenvalue weighted by Crippen LogP contribution is 2.38. The lowest BCUT2D eigenvalue weighted by Crippen LogP contribution is -2.35.